The van der Waals surface area contributed by atoms with Gasteiger partial charge >= 0.3 is 0 Å². The predicted octanol–water partition coefficient (Wildman–Crippen LogP) is 5.46. The number of benzene rings is 2. The van der Waals surface area contributed by atoms with Gasteiger partial charge in [0.2, 0.25) is 0 Å². The van der Waals surface area contributed by atoms with Gasteiger partial charge in [-0.3, -0.25) is 9.59 Å². The van der Waals surface area contributed by atoms with Crippen LogP contribution >= 0.6 is 27.3 Å². The molecule has 0 aliphatic carbocycles. The molecule has 170 valence electrons. The lowest BCUT2D eigenvalue weighted by atomic mass is 9.94. The summed E-state index contributed by atoms with van der Waals surface area (Å²) >= 11 is 4.95. The van der Waals surface area contributed by atoms with Gasteiger partial charge in [0.15, 0.2) is 11.5 Å². The lowest BCUT2D eigenvalue weighted by Crippen LogP contribution is -2.28. The smallest absolute Gasteiger partial charge is 0.295 e. The minimum absolute atomic E-state index is 0.0468. The third-order valence-electron chi connectivity index (χ3n) is 5.60. The molecule has 2 heterocycles. The highest BCUT2D eigenvalue weighted by Crippen LogP contribution is 2.43. The van der Waals surface area contributed by atoms with E-state index in [9.17, 15) is 14.7 Å². The Morgan fingerprint density at radius 3 is 2.48 bits per heavy atom. The van der Waals surface area contributed by atoms with Crippen LogP contribution in [-0.4, -0.2) is 35.9 Å². The first-order valence-electron chi connectivity index (χ1n) is 10.1. The number of halogens is 1. The number of ether oxygens (including phenoxy) is 2. The van der Waals surface area contributed by atoms with Gasteiger partial charge in [0.1, 0.15) is 5.76 Å². The molecule has 0 bridgehead atoms. The molecule has 33 heavy (non-hydrogen) atoms. The van der Waals surface area contributed by atoms with Crippen LogP contribution in [0.3, 0.4) is 0 Å². The van der Waals surface area contributed by atoms with Crippen molar-refractivity contribution in [2.75, 3.05) is 14.2 Å². The number of aliphatic hydroxyl groups excluding tert-OH is 1. The monoisotopic (exact) mass is 527 g/mol. The summed E-state index contributed by atoms with van der Waals surface area (Å²) in [6, 6.07) is 13.6. The maximum Gasteiger partial charge on any atom is 0.295 e. The number of aliphatic hydroxyl groups is 1. The van der Waals surface area contributed by atoms with Crippen molar-refractivity contribution in [2.45, 2.75) is 19.5 Å². The van der Waals surface area contributed by atoms with Crippen molar-refractivity contribution in [3.05, 3.63) is 85.5 Å². The van der Waals surface area contributed by atoms with Gasteiger partial charge in [-0.2, -0.15) is 0 Å². The molecule has 1 aliphatic rings. The normalized spacial score (nSPS) is 17.5. The molecule has 1 aromatic heterocycles. The standard InChI is InChI=1S/C25H22BrNO5S/c1-14-11-16(6-8-18(14)26)23(28)21-22(15-7-9-19(31-2)20(12-15)32-3)27(25(30)24(21)29)13-17-5-4-10-33-17/h4-12,22,28H,13H2,1-3H3/b23-21-. The maximum absolute atomic E-state index is 13.2. The zero-order chi connectivity index (χ0) is 23.7. The van der Waals surface area contributed by atoms with Crippen LogP contribution in [0.5, 0.6) is 11.5 Å². The van der Waals surface area contributed by atoms with E-state index in [-0.39, 0.29) is 17.9 Å². The molecule has 0 spiro atoms. The first-order chi connectivity index (χ1) is 15.8. The van der Waals surface area contributed by atoms with Crippen molar-refractivity contribution in [1.29, 1.82) is 0 Å². The van der Waals surface area contributed by atoms with Crippen molar-refractivity contribution in [2.24, 2.45) is 0 Å². The Morgan fingerprint density at radius 2 is 1.85 bits per heavy atom. The quantitative estimate of drug-likeness (QED) is 0.261. The third kappa shape index (κ3) is 4.28. The van der Waals surface area contributed by atoms with Crippen LogP contribution in [0.25, 0.3) is 5.76 Å². The summed E-state index contributed by atoms with van der Waals surface area (Å²) in [5, 5.41) is 13.2. The first kappa shape index (κ1) is 23.1. The number of nitrogens with zero attached hydrogens (tertiary/aromatic N) is 1. The molecule has 2 aromatic carbocycles. The van der Waals surface area contributed by atoms with Gasteiger partial charge < -0.3 is 19.5 Å². The zero-order valence-corrected chi connectivity index (χ0v) is 20.7. The highest BCUT2D eigenvalue weighted by Gasteiger charge is 2.46. The summed E-state index contributed by atoms with van der Waals surface area (Å²) in [7, 11) is 3.06. The van der Waals surface area contributed by atoms with E-state index in [4.69, 9.17) is 9.47 Å². The molecular weight excluding hydrogens is 506 g/mol. The fourth-order valence-electron chi connectivity index (χ4n) is 3.93. The molecule has 1 atom stereocenters. The highest BCUT2D eigenvalue weighted by molar-refractivity contribution is 9.10. The van der Waals surface area contributed by atoms with E-state index in [1.807, 2.05) is 24.4 Å². The van der Waals surface area contributed by atoms with Crippen molar-refractivity contribution in [3.63, 3.8) is 0 Å². The molecule has 6 nitrogen and oxygen atoms in total. The Balaban J connectivity index is 1.90. The molecular formula is C25H22BrNO5S. The molecule has 1 fully saturated rings. The van der Waals surface area contributed by atoms with Crippen LogP contribution in [0, 0.1) is 6.92 Å². The number of carbonyl (C=O) groups excluding carboxylic acids is 2. The Bertz CT molecular complexity index is 1250. The number of rotatable bonds is 6. The van der Waals surface area contributed by atoms with E-state index < -0.39 is 17.7 Å². The summed E-state index contributed by atoms with van der Waals surface area (Å²) in [6.45, 7) is 2.14. The van der Waals surface area contributed by atoms with Crippen LogP contribution in [0.15, 0.2) is 64.0 Å². The molecule has 1 unspecified atom stereocenters. The Morgan fingerprint density at radius 1 is 1.09 bits per heavy atom. The average molecular weight is 528 g/mol. The molecule has 0 saturated carbocycles. The number of aryl methyl sites for hydroxylation is 1. The summed E-state index contributed by atoms with van der Waals surface area (Å²) < 4.78 is 11.7. The van der Waals surface area contributed by atoms with Crippen LogP contribution in [0.4, 0.5) is 0 Å². The first-order valence-corrected chi connectivity index (χ1v) is 11.8. The number of likely N-dealkylation sites (tertiary alicyclic amines) is 1. The fraction of sp³-hybridized carbons (Fsp3) is 0.200. The van der Waals surface area contributed by atoms with Crippen LogP contribution in [0.2, 0.25) is 0 Å². The number of Topliss-reactive ketones (excluding diaryl/α,β-unsaturated/α-hetero) is 1. The number of thiophene rings is 1. The van der Waals surface area contributed by atoms with E-state index in [1.165, 1.54) is 30.5 Å². The van der Waals surface area contributed by atoms with E-state index in [2.05, 4.69) is 15.9 Å². The van der Waals surface area contributed by atoms with Crippen LogP contribution < -0.4 is 9.47 Å². The summed E-state index contributed by atoms with van der Waals surface area (Å²) in [4.78, 5) is 28.8. The molecule has 1 aliphatic heterocycles. The Hall–Kier alpha value is -3.10. The number of methoxy groups -OCH3 is 2. The topological polar surface area (TPSA) is 76.1 Å². The molecule has 8 heteroatoms. The number of ketones is 1. The van der Waals surface area contributed by atoms with Gasteiger partial charge in [-0.25, -0.2) is 0 Å². The number of hydrogen-bond donors (Lipinski definition) is 1. The fourth-order valence-corrected chi connectivity index (χ4v) is 4.88. The van der Waals surface area contributed by atoms with Gasteiger partial charge in [0.25, 0.3) is 11.7 Å². The van der Waals surface area contributed by atoms with Gasteiger partial charge in [0.05, 0.1) is 32.4 Å². The number of carbonyl (C=O) groups is 2. The largest absolute Gasteiger partial charge is 0.507 e. The molecule has 0 radical (unpaired) electrons. The highest BCUT2D eigenvalue weighted by atomic mass is 79.9. The van der Waals surface area contributed by atoms with Crippen molar-refractivity contribution in [3.8, 4) is 11.5 Å². The van der Waals surface area contributed by atoms with E-state index >= 15 is 0 Å². The van der Waals surface area contributed by atoms with Crippen molar-refractivity contribution in [1.82, 2.24) is 4.90 Å². The minimum atomic E-state index is -0.782. The minimum Gasteiger partial charge on any atom is -0.507 e. The van der Waals surface area contributed by atoms with E-state index in [0.717, 1.165) is 14.9 Å². The van der Waals surface area contributed by atoms with Crippen LogP contribution in [-0.2, 0) is 16.1 Å². The summed E-state index contributed by atoms with van der Waals surface area (Å²) in [6.07, 6.45) is 0. The molecule has 3 aromatic rings. The molecule has 4 rings (SSSR count). The molecule has 1 N–H and O–H groups in total. The third-order valence-corrected chi connectivity index (χ3v) is 7.35. The lowest BCUT2D eigenvalue weighted by molar-refractivity contribution is -0.140. The number of hydrogen-bond acceptors (Lipinski definition) is 6. The summed E-state index contributed by atoms with van der Waals surface area (Å²) in [5.41, 5.74) is 2.05. The number of amides is 1. The van der Waals surface area contributed by atoms with Gasteiger partial charge in [0, 0.05) is 14.9 Å². The predicted molar refractivity (Wildman–Crippen MR) is 131 cm³/mol. The van der Waals surface area contributed by atoms with Gasteiger partial charge in [-0.15, -0.1) is 11.3 Å². The molecule has 1 saturated heterocycles. The Labute approximate surface area is 204 Å². The van der Waals surface area contributed by atoms with Gasteiger partial charge in [-0.1, -0.05) is 34.1 Å². The maximum atomic E-state index is 13.2. The SMILES string of the molecule is COc1ccc(C2/C(=C(/O)c3ccc(Br)c(C)c3)C(=O)C(=O)N2Cc2cccs2)cc1OC. The zero-order valence-electron chi connectivity index (χ0n) is 18.3. The Kier molecular flexibility index (Phi) is 6.58. The second-order valence-corrected chi connectivity index (χ2v) is 9.47. The molecule has 1 amide bonds. The second-order valence-electron chi connectivity index (χ2n) is 7.58. The summed E-state index contributed by atoms with van der Waals surface area (Å²) in [5.74, 6) is -0.586. The van der Waals surface area contributed by atoms with E-state index in [0.29, 0.717) is 22.6 Å². The van der Waals surface area contributed by atoms with Gasteiger partial charge in [-0.05, 0) is 53.8 Å². The van der Waals surface area contributed by atoms with Crippen LogP contribution in [0.1, 0.15) is 27.6 Å². The average Bonchev–Trinajstić information content (AvgIpc) is 3.42. The lowest BCUT2D eigenvalue weighted by Gasteiger charge is -2.25. The second kappa shape index (κ2) is 9.41. The van der Waals surface area contributed by atoms with E-state index in [1.54, 1.807) is 36.4 Å². The van der Waals surface area contributed by atoms with Crippen molar-refractivity contribution >= 4 is 44.7 Å². The van der Waals surface area contributed by atoms with Crippen molar-refractivity contribution < 1.29 is 24.2 Å².